The standard InChI is InChI=1S/C32H49O5P/c1-23-19-25(21-27(29(23)33)31(3,4)5)15-11-9-13-17-36-38(35)37-18-14-10-12-16-26-20-24(2)30(34)28(22-26)32(6,7)8/h19-22H,9-18H2,1-8H3,(H-,33,34)/p+1. The van der Waals surface area contributed by atoms with Gasteiger partial charge in [-0.15, -0.1) is 9.05 Å². The van der Waals surface area contributed by atoms with Gasteiger partial charge >= 0.3 is 8.25 Å². The molecule has 0 saturated heterocycles. The minimum atomic E-state index is -2.07. The predicted molar refractivity (Wildman–Crippen MR) is 158 cm³/mol. The van der Waals surface area contributed by atoms with Gasteiger partial charge in [0.15, 0.2) is 0 Å². The van der Waals surface area contributed by atoms with Crippen molar-refractivity contribution in [2.75, 3.05) is 13.2 Å². The normalized spacial score (nSPS) is 12.2. The second kappa shape index (κ2) is 14.4. The monoisotopic (exact) mass is 545 g/mol. The fourth-order valence-corrected chi connectivity index (χ4v) is 5.30. The summed E-state index contributed by atoms with van der Waals surface area (Å²) in [5.41, 5.74) is 6.15. The van der Waals surface area contributed by atoms with Crippen molar-refractivity contribution in [3.05, 3.63) is 57.6 Å². The largest absolute Gasteiger partial charge is 0.697 e. The predicted octanol–water partition coefficient (Wildman–Crippen LogP) is 9.13. The molecule has 0 amide bonds. The number of unbranched alkanes of at least 4 members (excludes halogenated alkanes) is 4. The molecule has 0 atom stereocenters. The highest BCUT2D eigenvalue weighted by Crippen LogP contribution is 2.35. The van der Waals surface area contributed by atoms with E-state index in [1.807, 2.05) is 13.8 Å². The Hall–Kier alpha value is -1.94. The fourth-order valence-electron chi connectivity index (χ4n) is 4.67. The first-order valence-electron chi connectivity index (χ1n) is 14.1. The number of hydrogen-bond donors (Lipinski definition) is 2. The number of phenolic OH excluding ortho intramolecular Hbond substituents is 2. The van der Waals surface area contributed by atoms with Crippen molar-refractivity contribution < 1.29 is 23.8 Å². The third kappa shape index (κ3) is 10.3. The number of rotatable bonds is 14. The Morgan fingerprint density at radius 3 is 1.34 bits per heavy atom. The highest BCUT2D eigenvalue weighted by Gasteiger charge is 2.22. The maximum atomic E-state index is 12.0. The fraction of sp³-hybridized carbons (Fsp3) is 0.625. The average Bonchev–Trinajstić information content (AvgIpc) is 2.81. The van der Waals surface area contributed by atoms with Gasteiger partial charge < -0.3 is 10.2 Å². The lowest BCUT2D eigenvalue weighted by Gasteiger charge is -2.22. The molecule has 0 unspecified atom stereocenters. The molecule has 0 radical (unpaired) electrons. The molecule has 5 nitrogen and oxygen atoms in total. The Bertz CT molecular complexity index is 979. The van der Waals surface area contributed by atoms with E-state index in [1.54, 1.807) is 0 Å². The number of benzene rings is 2. The minimum Gasteiger partial charge on any atom is -0.507 e. The van der Waals surface area contributed by atoms with Gasteiger partial charge in [0.25, 0.3) is 0 Å². The zero-order valence-electron chi connectivity index (χ0n) is 24.9. The summed E-state index contributed by atoms with van der Waals surface area (Å²) in [6, 6.07) is 8.39. The lowest BCUT2D eigenvalue weighted by atomic mass is 9.83. The topological polar surface area (TPSA) is 76.0 Å². The SMILES string of the molecule is Cc1cc(CCCCCO[P+](=O)OCCCCCc2cc(C)c(O)c(C(C)(C)C)c2)cc(C(C)(C)C)c1O. The van der Waals surface area contributed by atoms with Gasteiger partial charge in [-0.25, -0.2) is 0 Å². The van der Waals surface area contributed by atoms with Crippen LogP contribution in [0.15, 0.2) is 24.3 Å². The Kier molecular flexibility index (Phi) is 12.3. The first-order valence-corrected chi connectivity index (χ1v) is 15.2. The van der Waals surface area contributed by atoms with E-state index in [9.17, 15) is 14.8 Å². The molecule has 0 fully saturated rings. The highest BCUT2D eigenvalue weighted by molar-refractivity contribution is 7.33. The van der Waals surface area contributed by atoms with Crippen molar-refractivity contribution in [1.29, 1.82) is 0 Å². The summed E-state index contributed by atoms with van der Waals surface area (Å²) in [6.07, 6.45) is 7.61. The Labute approximate surface area is 231 Å². The van der Waals surface area contributed by atoms with Gasteiger partial charge in [-0.1, -0.05) is 78.6 Å². The van der Waals surface area contributed by atoms with Crippen molar-refractivity contribution >= 4 is 8.25 Å². The van der Waals surface area contributed by atoms with Crippen molar-refractivity contribution in [1.82, 2.24) is 0 Å². The summed E-state index contributed by atoms with van der Waals surface area (Å²) in [4.78, 5) is 0. The summed E-state index contributed by atoms with van der Waals surface area (Å²) in [5, 5.41) is 20.8. The van der Waals surface area contributed by atoms with Crippen LogP contribution in [0.4, 0.5) is 0 Å². The van der Waals surface area contributed by atoms with Crippen LogP contribution < -0.4 is 0 Å². The van der Waals surface area contributed by atoms with E-state index in [1.165, 1.54) is 11.1 Å². The quantitative estimate of drug-likeness (QED) is 0.183. The second-order valence-electron chi connectivity index (χ2n) is 12.6. The number of aryl methyl sites for hydroxylation is 4. The smallest absolute Gasteiger partial charge is 0.507 e. The molecule has 38 heavy (non-hydrogen) atoms. The summed E-state index contributed by atoms with van der Waals surface area (Å²) in [7, 11) is -2.07. The van der Waals surface area contributed by atoms with Gasteiger partial charge in [-0.2, -0.15) is 0 Å². The van der Waals surface area contributed by atoms with Crippen molar-refractivity contribution in [3.8, 4) is 11.5 Å². The van der Waals surface area contributed by atoms with Crippen molar-refractivity contribution in [3.63, 3.8) is 0 Å². The van der Waals surface area contributed by atoms with E-state index in [0.29, 0.717) is 24.7 Å². The first-order chi connectivity index (χ1) is 17.7. The summed E-state index contributed by atoms with van der Waals surface area (Å²) >= 11 is 0. The van der Waals surface area contributed by atoms with Crippen molar-refractivity contribution in [2.24, 2.45) is 0 Å². The molecule has 0 heterocycles. The molecule has 0 aromatic heterocycles. The summed E-state index contributed by atoms with van der Waals surface area (Å²) in [5.74, 6) is 0.807. The molecule has 2 N–H and O–H groups in total. The number of aromatic hydroxyl groups is 2. The summed E-state index contributed by atoms with van der Waals surface area (Å²) < 4.78 is 22.7. The molecule has 0 saturated carbocycles. The van der Waals surface area contributed by atoms with Crippen LogP contribution in [0.3, 0.4) is 0 Å². The van der Waals surface area contributed by atoms with Crippen LogP contribution in [0, 0.1) is 13.8 Å². The number of phenols is 2. The van der Waals surface area contributed by atoms with Gasteiger partial charge in [0.05, 0.1) is 0 Å². The van der Waals surface area contributed by atoms with E-state index >= 15 is 0 Å². The van der Waals surface area contributed by atoms with Gasteiger partial charge in [-0.3, -0.25) is 0 Å². The number of hydrogen-bond acceptors (Lipinski definition) is 5. The maximum absolute atomic E-state index is 12.0. The first kappa shape index (κ1) is 32.3. The lowest BCUT2D eigenvalue weighted by Crippen LogP contribution is -2.12. The van der Waals surface area contributed by atoms with Crippen molar-refractivity contribution in [2.45, 2.75) is 118 Å². The second-order valence-corrected chi connectivity index (χ2v) is 13.6. The Morgan fingerprint density at radius 2 is 1.00 bits per heavy atom. The molecule has 2 aromatic rings. The van der Waals surface area contributed by atoms with E-state index in [-0.39, 0.29) is 10.8 Å². The molecular formula is C32H50O5P+. The highest BCUT2D eigenvalue weighted by atomic mass is 31.1. The molecule has 0 aliphatic heterocycles. The van der Waals surface area contributed by atoms with E-state index in [4.69, 9.17) is 9.05 Å². The third-order valence-corrected chi connectivity index (χ3v) is 7.74. The van der Waals surface area contributed by atoms with Crippen LogP contribution in [0.5, 0.6) is 11.5 Å². The van der Waals surface area contributed by atoms with Crippen LogP contribution >= 0.6 is 8.25 Å². The van der Waals surface area contributed by atoms with Crippen LogP contribution in [0.1, 0.15) is 113 Å². The van der Waals surface area contributed by atoms with E-state index in [0.717, 1.165) is 73.6 Å². The lowest BCUT2D eigenvalue weighted by molar-refractivity contribution is 0.218. The Morgan fingerprint density at radius 1 is 0.632 bits per heavy atom. The van der Waals surface area contributed by atoms with Crippen LogP contribution in [-0.2, 0) is 37.3 Å². The van der Waals surface area contributed by atoms with Crippen LogP contribution in [0.2, 0.25) is 0 Å². The minimum absolute atomic E-state index is 0.0912. The molecule has 2 aromatic carbocycles. The van der Waals surface area contributed by atoms with Gasteiger partial charge in [0.1, 0.15) is 24.7 Å². The van der Waals surface area contributed by atoms with Gasteiger partial charge in [-0.05, 0) is 96.6 Å². The molecule has 0 aliphatic rings. The average molecular weight is 546 g/mol. The van der Waals surface area contributed by atoms with Crippen LogP contribution in [-0.4, -0.2) is 23.4 Å². The molecular weight excluding hydrogens is 495 g/mol. The molecule has 2 rings (SSSR count). The van der Waals surface area contributed by atoms with E-state index < -0.39 is 8.25 Å². The Balaban J connectivity index is 1.58. The summed E-state index contributed by atoms with van der Waals surface area (Å²) in [6.45, 7) is 17.5. The maximum Gasteiger partial charge on any atom is 0.697 e. The van der Waals surface area contributed by atoms with Gasteiger partial charge in [0.2, 0.25) is 0 Å². The molecule has 6 heteroatoms. The molecule has 0 aliphatic carbocycles. The zero-order chi connectivity index (χ0) is 28.5. The zero-order valence-corrected chi connectivity index (χ0v) is 25.8. The molecule has 0 spiro atoms. The van der Waals surface area contributed by atoms with E-state index in [2.05, 4.69) is 65.8 Å². The molecule has 212 valence electrons. The van der Waals surface area contributed by atoms with Gasteiger partial charge in [0, 0.05) is 4.57 Å². The molecule has 0 bridgehead atoms. The van der Waals surface area contributed by atoms with Crippen LogP contribution in [0.25, 0.3) is 0 Å². The third-order valence-electron chi connectivity index (χ3n) is 6.95.